The summed E-state index contributed by atoms with van der Waals surface area (Å²) in [6.45, 7) is 1.55. The molecular weight excluding hydrogens is 437 g/mol. The molecule has 1 aliphatic carbocycles. The van der Waals surface area contributed by atoms with Crippen molar-refractivity contribution in [2.24, 2.45) is 0 Å². The molecule has 1 saturated carbocycles. The van der Waals surface area contributed by atoms with E-state index in [1.807, 2.05) is 4.90 Å². The zero-order chi connectivity index (χ0) is 23.6. The number of urea groups is 1. The summed E-state index contributed by atoms with van der Waals surface area (Å²) in [6, 6.07) is 2.99. The van der Waals surface area contributed by atoms with E-state index in [0.717, 1.165) is 62.2 Å². The van der Waals surface area contributed by atoms with Crippen molar-refractivity contribution in [3.05, 3.63) is 23.8 Å². The SMILES string of the molecule is O=C(CCCN1C(=O)NC2(CCCC2)C1=O)Nc1cc(C(F)(F)F)ccc1N1CCCCC1. The molecule has 0 unspecified atom stereocenters. The van der Waals surface area contributed by atoms with Gasteiger partial charge < -0.3 is 15.5 Å². The third-order valence-electron chi connectivity index (χ3n) is 6.78. The van der Waals surface area contributed by atoms with Crippen molar-refractivity contribution in [3.63, 3.8) is 0 Å². The van der Waals surface area contributed by atoms with Crippen LogP contribution in [-0.4, -0.2) is 47.9 Å². The van der Waals surface area contributed by atoms with Gasteiger partial charge in [-0.3, -0.25) is 14.5 Å². The first kappa shape index (κ1) is 23.4. The summed E-state index contributed by atoms with van der Waals surface area (Å²) in [7, 11) is 0. The minimum Gasteiger partial charge on any atom is -0.370 e. The van der Waals surface area contributed by atoms with Crippen LogP contribution in [0.5, 0.6) is 0 Å². The summed E-state index contributed by atoms with van der Waals surface area (Å²) in [6.07, 6.45) is 1.70. The number of halogens is 3. The lowest BCUT2D eigenvalue weighted by Gasteiger charge is -2.31. The first-order valence-electron chi connectivity index (χ1n) is 11.6. The zero-order valence-corrected chi connectivity index (χ0v) is 18.5. The molecule has 4 amide bonds. The Bertz CT molecular complexity index is 922. The summed E-state index contributed by atoms with van der Waals surface area (Å²) in [5.74, 6) is -0.689. The van der Waals surface area contributed by atoms with Gasteiger partial charge >= 0.3 is 12.2 Å². The molecule has 3 aliphatic rings. The van der Waals surface area contributed by atoms with Crippen LogP contribution in [0, 0.1) is 0 Å². The van der Waals surface area contributed by atoms with E-state index in [9.17, 15) is 27.6 Å². The number of piperidine rings is 1. The van der Waals surface area contributed by atoms with Gasteiger partial charge in [-0.15, -0.1) is 0 Å². The number of nitrogens with zero attached hydrogens (tertiary/aromatic N) is 2. The predicted molar refractivity (Wildman–Crippen MR) is 117 cm³/mol. The first-order chi connectivity index (χ1) is 15.7. The van der Waals surface area contributed by atoms with Gasteiger partial charge in [-0.25, -0.2) is 4.79 Å². The third kappa shape index (κ3) is 4.94. The number of hydrogen-bond donors (Lipinski definition) is 2. The average molecular weight is 467 g/mol. The Morgan fingerprint density at radius 2 is 1.76 bits per heavy atom. The van der Waals surface area contributed by atoms with E-state index in [-0.39, 0.29) is 31.0 Å². The number of imide groups is 1. The van der Waals surface area contributed by atoms with Crippen LogP contribution < -0.4 is 15.5 Å². The van der Waals surface area contributed by atoms with Crippen molar-refractivity contribution in [1.29, 1.82) is 0 Å². The summed E-state index contributed by atoms with van der Waals surface area (Å²) in [4.78, 5) is 40.7. The van der Waals surface area contributed by atoms with E-state index in [1.54, 1.807) is 0 Å². The molecule has 2 saturated heterocycles. The van der Waals surface area contributed by atoms with Crippen LogP contribution in [0.4, 0.5) is 29.3 Å². The van der Waals surface area contributed by atoms with Gasteiger partial charge in [-0.1, -0.05) is 12.8 Å². The summed E-state index contributed by atoms with van der Waals surface area (Å²) < 4.78 is 39.8. The molecule has 4 rings (SSSR count). The van der Waals surface area contributed by atoms with E-state index in [4.69, 9.17) is 0 Å². The number of rotatable bonds is 6. The highest BCUT2D eigenvalue weighted by molar-refractivity contribution is 6.07. The first-order valence-corrected chi connectivity index (χ1v) is 11.6. The fraction of sp³-hybridized carbons (Fsp3) is 0.609. The Morgan fingerprint density at radius 1 is 1.06 bits per heavy atom. The number of amides is 4. The lowest BCUT2D eigenvalue weighted by molar-refractivity contribution is -0.137. The average Bonchev–Trinajstić information content (AvgIpc) is 3.34. The molecule has 1 spiro atoms. The topological polar surface area (TPSA) is 81.8 Å². The van der Waals surface area contributed by atoms with Gasteiger partial charge in [0.25, 0.3) is 5.91 Å². The normalized spacial score (nSPS) is 20.5. The van der Waals surface area contributed by atoms with Crippen molar-refractivity contribution < 1.29 is 27.6 Å². The Kier molecular flexibility index (Phi) is 6.54. The van der Waals surface area contributed by atoms with Crippen LogP contribution in [0.25, 0.3) is 0 Å². The number of nitrogens with one attached hydrogen (secondary N) is 2. The van der Waals surface area contributed by atoms with Crippen molar-refractivity contribution in [3.8, 4) is 0 Å². The second-order valence-corrected chi connectivity index (χ2v) is 9.11. The number of carbonyl (C=O) groups excluding carboxylic acids is 3. The Hall–Kier alpha value is -2.78. The molecule has 0 aromatic heterocycles. The molecule has 33 heavy (non-hydrogen) atoms. The number of alkyl halides is 3. The summed E-state index contributed by atoms with van der Waals surface area (Å²) in [5, 5.41) is 5.43. The van der Waals surface area contributed by atoms with Crippen LogP contribution in [-0.2, 0) is 15.8 Å². The van der Waals surface area contributed by atoms with E-state index in [2.05, 4.69) is 10.6 Å². The molecule has 1 aromatic rings. The van der Waals surface area contributed by atoms with Crippen molar-refractivity contribution in [2.45, 2.75) is 69.5 Å². The van der Waals surface area contributed by atoms with Crippen LogP contribution >= 0.6 is 0 Å². The Morgan fingerprint density at radius 3 is 2.42 bits per heavy atom. The summed E-state index contributed by atoms with van der Waals surface area (Å²) >= 11 is 0. The van der Waals surface area contributed by atoms with Crippen LogP contribution in [0.15, 0.2) is 18.2 Å². The van der Waals surface area contributed by atoms with Crippen LogP contribution in [0.1, 0.15) is 63.4 Å². The third-order valence-corrected chi connectivity index (χ3v) is 6.78. The van der Waals surface area contributed by atoms with Gasteiger partial charge in [0.05, 0.1) is 16.9 Å². The molecule has 7 nitrogen and oxygen atoms in total. The molecule has 1 aromatic carbocycles. The van der Waals surface area contributed by atoms with Crippen LogP contribution in [0.2, 0.25) is 0 Å². The van der Waals surface area contributed by atoms with E-state index in [0.29, 0.717) is 18.5 Å². The predicted octanol–water partition coefficient (Wildman–Crippen LogP) is 4.28. The molecular formula is C23H29F3N4O3. The molecule has 0 radical (unpaired) electrons. The van der Waals surface area contributed by atoms with E-state index in [1.165, 1.54) is 6.07 Å². The largest absolute Gasteiger partial charge is 0.416 e. The van der Waals surface area contributed by atoms with Gasteiger partial charge in [0.15, 0.2) is 0 Å². The van der Waals surface area contributed by atoms with Gasteiger partial charge in [-0.2, -0.15) is 13.2 Å². The highest BCUT2D eigenvalue weighted by Crippen LogP contribution is 2.37. The van der Waals surface area contributed by atoms with Gasteiger partial charge in [-0.05, 0) is 56.7 Å². The number of hydrogen-bond acceptors (Lipinski definition) is 4. The Balaban J connectivity index is 1.39. The van der Waals surface area contributed by atoms with Gasteiger partial charge in [0, 0.05) is 26.1 Å². The fourth-order valence-corrected chi connectivity index (χ4v) is 5.03. The highest BCUT2D eigenvalue weighted by Gasteiger charge is 2.52. The van der Waals surface area contributed by atoms with Crippen LogP contribution in [0.3, 0.4) is 0 Å². The van der Waals surface area contributed by atoms with Gasteiger partial charge in [0.1, 0.15) is 5.54 Å². The molecule has 180 valence electrons. The lowest BCUT2D eigenvalue weighted by Crippen LogP contribution is -2.44. The second-order valence-electron chi connectivity index (χ2n) is 9.11. The van der Waals surface area contributed by atoms with Crippen molar-refractivity contribution >= 4 is 29.2 Å². The van der Waals surface area contributed by atoms with Crippen molar-refractivity contribution in [2.75, 3.05) is 29.9 Å². The van der Waals surface area contributed by atoms with Crippen molar-refractivity contribution in [1.82, 2.24) is 10.2 Å². The minimum absolute atomic E-state index is 0.0141. The maximum Gasteiger partial charge on any atom is 0.416 e. The molecule has 0 bridgehead atoms. The molecule has 10 heteroatoms. The van der Waals surface area contributed by atoms with E-state index >= 15 is 0 Å². The molecule has 3 fully saturated rings. The lowest BCUT2D eigenvalue weighted by atomic mass is 9.98. The smallest absolute Gasteiger partial charge is 0.370 e. The summed E-state index contributed by atoms with van der Waals surface area (Å²) in [5.41, 5.74) is -0.898. The fourth-order valence-electron chi connectivity index (χ4n) is 5.03. The highest BCUT2D eigenvalue weighted by atomic mass is 19.4. The molecule has 2 aliphatic heterocycles. The number of carbonyl (C=O) groups is 3. The molecule has 2 heterocycles. The number of benzene rings is 1. The second kappa shape index (κ2) is 9.23. The zero-order valence-electron chi connectivity index (χ0n) is 18.5. The maximum absolute atomic E-state index is 13.3. The molecule has 2 N–H and O–H groups in total. The Labute approximate surface area is 190 Å². The van der Waals surface area contributed by atoms with E-state index < -0.39 is 29.2 Å². The number of anilines is 2. The van der Waals surface area contributed by atoms with Gasteiger partial charge in [0.2, 0.25) is 5.91 Å². The standard InChI is InChI=1S/C23H29F3N4O3/c24-23(25,26)16-8-9-18(29-12-4-1-5-13-29)17(15-16)27-19(31)7-6-14-30-20(32)22(28-21(30)33)10-2-3-11-22/h8-9,15H,1-7,10-14H2,(H,27,31)(H,28,33). The monoisotopic (exact) mass is 466 g/mol. The quantitative estimate of drug-likeness (QED) is 0.614. The minimum atomic E-state index is -4.51. The maximum atomic E-state index is 13.3. The molecule has 0 atom stereocenters.